The summed E-state index contributed by atoms with van der Waals surface area (Å²) < 4.78 is 32.5. The van der Waals surface area contributed by atoms with E-state index >= 15 is 0 Å². The van der Waals surface area contributed by atoms with Gasteiger partial charge in [-0.2, -0.15) is 0 Å². The highest BCUT2D eigenvalue weighted by molar-refractivity contribution is 7.47. The van der Waals surface area contributed by atoms with E-state index in [0.717, 1.165) is 51.4 Å². The van der Waals surface area contributed by atoms with E-state index in [4.69, 9.17) is 18.5 Å². The van der Waals surface area contributed by atoms with E-state index in [1.807, 2.05) is 0 Å². The molecule has 0 bridgehead atoms. The van der Waals surface area contributed by atoms with Crippen LogP contribution in [0.1, 0.15) is 188 Å². The maximum absolute atomic E-state index is 12.5. The topological polar surface area (TPSA) is 108 Å². The molecule has 0 aliphatic rings. The van der Waals surface area contributed by atoms with Gasteiger partial charge in [0.15, 0.2) is 6.10 Å². The van der Waals surface area contributed by atoms with Crippen LogP contribution < -0.4 is 0 Å². The van der Waals surface area contributed by atoms with Gasteiger partial charge in [-0.05, 0) is 45.4 Å². The quantitative estimate of drug-likeness (QED) is 0.0306. The molecule has 0 fully saturated rings. The van der Waals surface area contributed by atoms with Gasteiger partial charge in [-0.1, -0.05) is 142 Å². The predicted molar refractivity (Wildman–Crippen MR) is 189 cm³/mol. The van der Waals surface area contributed by atoms with Crippen LogP contribution in [0.3, 0.4) is 0 Å². The molecular weight excluding hydrogens is 603 g/mol. The lowest BCUT2D eigenvalue weighted by Gasteiger charge is -2.19. The van der Waals surface area contributed by atoms with Crippen LogP contribution in [0, 0.1) is 0 Å². The fourth-order valence-corrected chi connectivity index (χ4v) is 6.03. The summed E-state index contributed by atoms with van der Waals surface area (Å²) in [5.41, 5.74) is 0. The Kier molecular flexibility index (Phi) is 32.8. The number of carbonyl (C=O) groups is 2. The van der Waals surface area contributed by atoms with Crippen molar-refractivity contribution in [1.29, 1.82) is 0 Å². The lowest BCUT2D eigenvalue weighted by molar-refractivity contribution is -0.161. The molecule has 46 heavy (non-hydrogen) atoms. The molecule has 8 nitrogen and oxygen atoms in total. The zero-order chi connectivity index (χ0) is 34.0. The monoisotopic (exact) mass is 674 g/mol. The summed E-state index contributed by atoms with van der Waals surface area (Å²) in [5, 5.41) is 0. The third kappa shape index (κ3) is 32.7. The summed E-state index contributed by atoms with van der Waals surface area (Å²) >= 11 is 0. The molecule has 1 N–H and O–H groups in total. The minimum atomic E-state index is -4.27. The van der Waals surface area contributed by atoms with Gasteiger partial charge in [-0.15, -0.1) is 0 Å². The smallest absolute Gasteiger partial charge is 0.462 e. The Labute approximate surface area is 282 Å². The first-order chi connectivity index (χ1) is 22.3. The molecule has 0 aliphatic carbocycles. The minimum absolute atomic E-state index is 0.00164. The summed E-state index contributed by atoms with van der Waals surface area (Å²) in [5.74, 6) is -0.803. The lowest BCUT2D eigenvalue weighted by Crippen LogP contribution is -2.29. The molecule has 0 aromatic rings. The van der Waals surface area contributed by atoms with Gasteiger partial charge in [0.25, 0.3) is 0 Å². The second-order valence-electron chi connectivity index (χ2n) is 12.6. The van der Waals surface area contributed by atoms with Crippen molar-refractivity contribution < 1.29 is 37.6 Å². The number of phosphoric ester groups is 1. The van der Waals surface area contributed by atoms with E-state index in [0.29, 0.717) is 12.8 Å². The molecular formula is C37H71O8P. The highest BCUT2D eigenvalue weighted by Crippen LogP contribution is 2.43. The van der Waals surface area contributed by atoms with Gasteiger partial charge < -0.3 is 14.4 Å². The van der Waals surface area contributed by atoms with Crippen LogP contribution in [0.5, 0.6) is 0 Å². The van der Waals surface area contributed by atoms with Crippen LogP contribution in [-0.4, -0.2) is 42.8 Å². The molecule has 0 aliphatic heterocycles. The van der Waals surface area contributed by atoms with Crippen LogP contribution in [0.25, 0.3) is 0 Å². The molecule has 0 spiro atoms. The van der Waals surface area contributed by atoms with Crippen molar-refractivity contribution in [1.82, 2.24) is 0 Å². The number of ether oxygens (including phenoxy) is 2. The number of rotatable bonds is 35. The van der Waals surface area contributed by atoms with Gasteiger partial charge >= 0.3 is 19.8 Å². The van der Waals surface area contributed by atoms with Crippen LogP contribution in [0.15, 0.2) is 12.2 Å². The molecule has 2 atom stereocenters. The van der Waals surface area contributed by atoms with E-state index in [1.54, 1.807) is 6.92 Å². The van der Waals surface area contributed by atoms with Crippen LogP contribution in [0.4, 0.5) is 0 Å². The van der Waals surface area contributed by atoms with Gasteiger partial charge in [0.05, 0.1) is 13.2 Å². The van der Waals surface area contributed by atoms with Crippen LogP contribution >= 0.6 is 7.82 Å². The van der Waals surface area contributed by atoms with Gasteiger partial charge in [0.1, 0.15) is 6.61 Å². The largest absolute Gasteiger partial charge is 0.472 e. The van der Waals surface area contributed by atoms with E-state index in [2.05, 4.69) is 26.0 Å². The van der Waals surface area contributed by atoms with Crippen molar-refractivity contribution in [2.24, 2.45) is 0 Å². The van der Waals surface area contributed by atoms with Gasteiger partial charge in [-0.25, -0.2) is 4.57 Å². The molecule has 0 radical (unpaired) electrons. The van der Waals surface area contributed by atoms with Gasteiger partial charge in [-0.3, -0.25) is 18.6 Å². The van der Waals surface area contributed by atoms with E-state index in [9.17, 15) is 19.0 Å². The van der Waals surface area contributed by atoms with Crippen LogP contribution in [0.2, 0.25) is 0 Å². The number of allylic oxidation sites excluding steroid dienone is 2. The molecule has 0 aromatic carbocycles. The molecule has 0 rings (SSSR count). The summed E-state index contributed by atoms with van der Waals surface area (Å²) in [4.78, 5) is 34.5. The number of esters is 2. The number of hydrogen-bond acceptors (Lipinski definition) is 7. The van der Waals surface area contributed by atoms with E-state index < -0.39 is 26.5 Å². The molecule has 0 saturated carbocycles. The minimum Gasteiger partial charge on any atom is -0.462 e. The Morgan fingerprint density at radius 2 is 0.978 bits per heavy atom. The van der Waals surface area contributed by atoms with Gasteiger partial charge in [0.2, 0.25) is 0 Å². The fourth-order valence-electron chi connectivity index (χ4n) is 5.27. The first-order valence-corrected chi connectivity index (χ1v) is 20.5. The molecule has 1 unspecified atom stereocenters. The van der Waals surface area contributed by atoms with Crippen molar-refractivity contribution >= 4 is 19.8 Å². The second kappa shape index (κ2) is 33.7. The fraction of sp³-hybridized carbons (Fsp3) is 0.892. The van der Waals surface area contributed by atoms with Crippen molar-refractivity contribution in [2.75, 3.05) is 19.8 Å². The third-order valence-electron chi connectivity index (χ3n) is 8.07. The number of hydrogen-bond donors (Lipinski definition) is 1. The average Bonchev–Trinajstić information content (AvgIpc) is 3.03. The molecule has 0 saturated heterocycles. The zero-order valence-corrected chi connectivity index (χ0v) is 30.9. The van der Waals surface area contributed by atoms with Crippen molar-refractivity contribution in [3.05, 3.63) is 12.2 Å². The van der Waals surface area contributed by atoms with Crippen molar-refractivity contribution in [2.45, 2.75) is 194 Å². The Hall–Kier alpha value is -1.21. The van der Waals surface area contributed by atoms with Crippen molar-refractivity contribution in [3.63, 3.8) is 0 Å². The van der Waals surface area contributed by atoms with Crippen molar-refractivity contribution in [3.8, 4) is 0 Å². The summed E-state index contributed by atoms with van der Waals surface area (Å²) in [6.45, 7) is 5.45. The number of phosphoric acid groups is 1. The lowest BCUT2D eigenvalue weighted by atomic mass is 10.1. The molecule has 0 heterocycles. The SMILES string of the molecule is CCCCCCCC/C=C\CCCCCCCC(=O)O[C@H](COC(=O)CCCCCCCCCCCCC)COP(=O)(O)OCC. The number of unbranched alkanes of at least 4 members (excludes halogenated alkanes) is 21. The third-order valence-corrected chi connectivity index (χ3v) is 9.13. The predicted octanol–water partition coefficient (Wildman–Crippen LogP) is 11.3. The maximum Gasteiger partial charge on any atom is 0.472 e. The van der Waals surface area contributed by atoms with E-state index in [-0.39, 0.29) is 25.6 Å². The molecule has 0 amide bonds. The molecule has 0 aromatic heterocycles. The first kappa shape index (κ1) is 44.8. The zero-order valence-electron chi connectivity index (χ0n) is 30.0. The molecule has 272 valence electrons. The Balaban J connectivity index is 4.15. The highest BCUT2D eigenvalue weighted by atomic mass is 31.2. The summed E-state index contributed by atoms with van der Waals surface area (Å²) in [6, 6.07) is 0. The number of carbonyl (C=O) groups excluding carboxylic acids is 2. The summed E-state index contributed by atoms with van der Waals surface area (Å²) in [6.07, 6.45) is 32.6. The Morgan fingerprint density at radius 3 is 1.43 bits per heavy atom. The standard InChI is InChI=1S/C37H71O8P/c1-4-7-9-11-13-15-17-18-19-20-22-24-26-28-30-32-37(39)45-35(34-44-46(40,41)43-6-3)33-42-36(38)31-29-27-25-23-21-16-14-12-10-8-5-2/h18-19,35H,4-17,20-34H2,1-3H3,(H,40,41)/b19-18-/t35-/m1/s1. The maximum atomic E-state index is 12.5. The normalized spacial score (nSPS) is 13.6. The summed E-state index contributed by atoms with van der Waals surface area (Å²) in [7, 11) is -4.27. The van der Waals surface area contributed by atoms with Gasteiger partial charge in [0, 0.05) is 12.8 Å². The average molecular weight is 675 g/mol. The van der Waals surface area contributed by atoms with E-state index in [1.165, 1.54) is 96.3 Å². The Bertz CT molecular complexity index is 772. The molecule has 9 heteroatoms. The Morgan fingerprint density at radius 1 is 0.565 bits per heavy atom. The highest BCUT2D eigenvalue weighted by Gasteiger charge is 2.25. The first-order valence-electron chi connectivity index (χ1n) is 19.0. The second-order valence-corrected chi connectivity index (χ2v) is 14.1. The van der Waals surface area contributed by atoms with Crippen LogP contribution in [-0.2, 0) is 32.7 Å².